The number of carboxylic acids is 1. The van der Waals surface area contributed by atoms with Crippen molar-refractivity contribution < 1.29 is 14.7 Å². The molecule has 7 nitrogen and oxygen atoms in total. The Kier molecular flexibility index (Phi) is 4.13. The molecule has 2 rings (SSSR count). The van der Waals surface area contributed by atoms with Gasteiger partial charge in [-0.3, -0.25) is 9.59 Å². The molecule has 1 heterocycles. The van der Waals surface area contributed by atoms with Gasteiger partial charge in [0.1, 0.15) is 6.54 Å². The van der Waals surface area contributed by atoms with Crippen LogP contribution in [0, 0.1) is 5.92 Å². The molecule has 104 valence electrons. The van der Waals surface area contributed by atoms with Gasteiger partial charge in [-0.25, -0.2) is 4.68 Å². The van der Waals surface area contributed by atoms with Crippen LogP contribution in [-0.4, -0.2) is 38.0 Å². The van der Waals surface area contributed by atoms with Crippen molar-refractivity contribution in [3.63, 3.8) is 0 Å². The Bertz CT molecular complexity index is 463. The largest absolute Gasteiger partial charge is 0.480 e. The third kappa shape index (κ3) is 3.77. The van der Waals surface area contributed by atoms with E-state index in [-0.39, 0.29) is 24.2 Å². The minimum absolute atomic E-state index is 0.167. The van der Waals surface area contributed by atoms with Crippen molar-refractivity contribution in [3.8, 4) is 0 Å². The lowest BCUT2D eigenvalue weighted by atomic mass is 9.87. The van der Waals surface area contributed by atoms with Gasteiger partial charge in [0.05, 0.1) is 6.20 Å². The van der Waals surface area contributed by atoms with E-state index in [1.54, 1.807) is 0 Å². The van der Waals surface area contributed by atoms with Crippen LogP contribution < -0.4 is 5.32 Å². The maximum Gasteiger partial charge on any atom is 0.325 e. The van der Waals surface area contributed by atoms with E-state index in [0.717, 1.165) is 36.3 Å². The fourth-order valence-corrected chi connectivity index (χ4v) is 2.28. The predicted molar refractivity (Wildman–Crippen MR) is 66.5 cm³/mol. The van der Waals surface area contributed by atoms with E-state index >= 15 is 0 Å². The molecule has 1 aliphatic rings. The second-order valence-corrected chi connectivity index (χ2v) is 5.13. The number of rotatable bonds is 4. The van der Waals surface area contributed by atoms with Crippen LogP contribution in [0.3, 0.4) is 0 Å². The minimum atomic E-state index is -1.02. The van der Waals surface area contributed by atoms with Gasteiger partial charge in [0, 0.05) is 6.04 Å². The van der Waals surface area contributed by atoms with Crippen LogP contribution >= 0.6 is 0 Å². The van der Waals surface area contributed by atoms with E-state index in [9.17, 15) is 9.59 Å². The number of amides is 1. The smallest absolute Gasteiger partial charge is 0.325 e. The summed E-state index contributed by atoms with van der Waals surface area (Å²) in [5.41, 5.74) is 0.167. The highest BCUT2D eigenvalue weighted by Gasteiger charge is 2.21. The molecule has 0 unspecified atom stereocenters. The molecule has 7 heteroatoms. The highest BCUT2D eigenvalue weighted by Crippen LogP contribution is 2.23. The molecule has 1 aromatic rings. The van der Waals surface area contributed by atoms with Crippen molar-refractivity contribution in [2.75, 3.05) is 0 Å². The number of hydrogen-bond acceptors (Lipinski definition) is 4. The predicted octanol–water partition coefficient (Wildman–Crippen LogP) is 0.671. The molecule has 1 aliphatic carbocycles. The van der Waals surface area contributed by atoms with Crippen LogP contribution in [0.4, 0.5) is 0 Å². The summed E-state index contributed by atoms with van der Waals surface area (Å²) >= 11 is 0. The molecule has 0 spiro atoms. The van der Waals surface area contributed by atoms with Gasteiger partial charge in [-0.1, -0.05) is 12.1 Å². The molecule has 1 fully saturated rings. The van der Waals surface area contributed by atoms with Crippen molar-refractivity contribution >= 4 is 11.9 Å². The zero-order valence-corrected chi connectivity index (χ0v) is 10.9. The van der Waals surface area contributed by atoms with Crippen molar-refractivity contribution in [2.24, 2.45) is 5.92 Å². The van der Waals surface area contributed by atoms with Crippen LogP contribution in [0.25, 0.3) is 0 Å². The third-order valence-corrected chi connectivity index (χ3v) is 3.42. The average molecular weight is 266 g/mol. The summed E-state index contributed by atoms with van der Waals surface area (Å²) in [6, 6.07) is 0.188. The summed E-state index contributed by atoms with van der Waals surface area (Å²) in [7, 11) is 0. The minimum Gasteiger partial charge on any atom is -0.480 e. The quantitative estimate of drug-likeness (QED) is 0.834. The second-order valence-electron chi connectivity index (χ2n) is 5.13. The van der Waals surface area contributed by atoms with Crippen LogP contribution in [-0.2, 0) is 11.3 Å². The highest BCUT2D eigenvalue weighted by atomic mass is 16.4. The lowest BCUT2D eigenvalue weighted by Gasteiger charge is -2.26. The van der Waals surface area contributed by atoms with Crippen molar-refractivity contribution in [2.45, 2.75) is 45.2 Å². The lowest BCUT2D eigenvalue weighted by molar-refractivity contribution is -0.137. The number of hydrogen-bond donors (Lipinski definition) is 2. The topological polar surface area (TPSA) is 97.1 Å². The molecule has 2 N–H and O–H groups in total. The Morgan fingerprint density at radius 3 is 2.74 bits per heavy atom. The Labute approximate surface area is 111 Å². The number of aliphatic carboxylic acids is 1. The Balaban J connectivity index is 1.89. The molecule has 1 saturated carbocycles. The van der Waals surface area contributed by atoms with Gasteiger partial charge in [-0.2, -0.15) is 0 Å². The average Bonchev–Trinajstić information content (AvgIpc) is 2.80. The molecule has 1 aromatic heterocycles. The maximum absolute atomic E-state index is 11.9. The van der Waals surface area contributed by atoms with Crippen LogP contribution in [0.1, 0.15) is 43.1 Å². The van der Waals surface area contributed by atoms with Gasteiger partial charge in [0.15, 0.2) is 5.69 Å². The van der Waals surface area contributed by atoms with Gasteiger partial charge in [0.2, 0.25) is 0 Å². The summed E-state index contributed by atoms with van der Waals surface area (Å²) in [6.07, 6.45) is 5.56. The first-order valence-electron chi connectivity index (χ1n) is 6.47. The van der Waals surface area contributed by atoms with Crippen molar-refractivity contribution in [1.82, 2.24) is 20.3 Å². The fourth-order valence-electron chi connectivity index (χ4n) is 2.28. The molecular weight excluding hydrogens is 248 g/mol. The molecule has 0 saturated heterocycles. The van der Waals surface area contributed by atoms with E-state index in [1.807, 2.05) is 0 Å². The van der Waals surface area contributed by atoms with Crippen LogP contribution in [0.2, 0.25) is 0 Å². The van der Waals surface area contributed by atoms with Crippen molar-refractivity contribution in [1.29, 1.82) is 0 Å². The number of carbonyl (C=O) groups is 2. The van der Waals surface area contributed by atoms with Gasteiger partial charge < -0.3 is 10.4 Å². The van der Waals surface area contributed by atoms with E-state index in [0.29, 0.717) is 0 Å². The summed E-state index contributed by atoms with van der Waals surface area (Å²) in [5.74, 6) is -0.570. The normalized spacial score (nSPS) is 23.0. The Morgan fingerprint density at radius 2 is 2.11 bits per heavy atom. The SMILES string of the molecule is CC1CCC(NC(=O)c2cn(CC(=O)O)nn2)CC1. The molecule has 19 heavy (non-hydrogen) atoms. The van der Waals surface area contributed by atoms with E-state index < -0.39 is 5.97 Å². The molecule has 0 aliphatic heterocycles. The Morgan fingerprint density at radius 1 is 1.42 bits per heavy atom. The molecular formula is C12H18N4O3. The Hall–Kier alpha value is -1.92. The zero-order chi connectivity index (χ0) is 13.8. The standard InChI is InChI=1S/C12H18N4O3/c1-8-2-4-9(5-3-8)13-12(19)10-6-16(15-14-10)7-11(17)18/h6,8-9H,2-5,7H2,1H3,(H,13,19)(H,17,18). The van der Waals surface area contributed by atoms with Crippen molar-refractivity contribution in [3.05, 3.63) is 11.9 Å². The number of nitrogens with zero attached hydrogens (tertiary/aromatic N) is 3. The third-order valence-electron chi connectivity index (χ3n) is 3.42. The molecule has 0 atom stereocenters. The fraction of sp³-hybridized carbons (Fsp3) is 0.667. The number of nitrogens with one attached hydrogen (secondary N) is 1. The number of aromatic nitrogens is 3. The molecule has 0 aromatic carbocycles. The first kappa shape index (κ1) is 13.5. The van der Waals surface area contributed by atoms with Gasteiger partial charge in [0.25, 0.3) is 5.91 Å². The van der Waals surface area contributed by atoms with E-state index in [4.69, 9.17) is 5.11 Å². The number of carbonyl (C=O) groups excluding carboxylic acids is 1. The van der Waals surface area contributed by atoms with E-state index in [2.05, 4.69) is 22.6 Å². The first-order chi connectivity index (χ1) is 9.04. The van der Waals surface area contributed by atoms with Crippen LogP contribution in [0.5, 0.6) is 0 Å². The maximum atomic E-state index is 11.9. The summed E-state index contributed by atoms with van der Waals surface area (Å²) in [4.78, 5) is 22.4. The monoisotopic (exact) mass is 266 g/mol. The van der Waals surface area contributed by atoms with E-state index in [1.165, 1.54) is 6.20 Å². The summed E-state index contributed by atoms with van der Waals surface area (Å²) in [5, 5.41) is 18.8. The second kappa shape index (κ2) is 5.81. The number of carboxylic acid groups (broad SMARTS) is 1. The van der Waals surface area contributed by atoms with Crippen LogP contribution in [0.15, 0.2) is 6.20 Å². The first-order valence-corrected chi connectivity index (χ1v) is 6.47. The molecule has 0 bridgehead atoms. The highest BCUT2D eigenvalue weighted by molar-refractivity contribution is 5.92. The summed E-state index contributed by atoms with van der Waals surface area (Å²) in [6.45, 7) is 1.93. The summed E-state index contributed by atoms with van der Waals surface area (Å²) < 4.78 is 1.14. The van der Waals surface area contributed by atoms with Gasteiger partial charge in [-0.05, 0) is 31.6 Å². The molecule has 1 amide bonds. The zero-order valence-electron chi connectivity index (χ0n) is 10.9. The van der Waals surface area contributed by atoms with Gasteiger partial charge in [-0.15, -0.1) is 5.10 Å². The lowest BCUT2D eigenvalue weighted by Crippen LogP contribution is -2.37. The molecule has 0 radical (unpaired) electrons. The van der Waals surface area contributed by atoms with Gasteiger partial charge >= 0.3 is 5.97 Å².